The van der Waals surface area contributed by atoms with Crippen LogP contribution in [-0.2, 0) is 9.47 Å². The van der Waals surface area contributed by atoms with Crippen LogP contribution in [0.1, 0.15) is 29.6 Å². The monoisotopic (exact) mass is 348 g/mol. The minimum absolute atomic E-state index is 0.0253. The van der Waals surface area contributed by atoms with E-state index in [4.69, 9.17) is 9.47 Å². The van der Waals surface area contributed by atoms with Crippen LogP contribution in [0.5, 0.6) is 0 Å². The Morgan fingerprint density at radius 1 is 1.28 bits per heavy atom. The van der Waals surface area contributed by atoms with Crippen LogP contribution in [0.2, 0.25) is 0 Å². The van der Waals surface area contributed by atoms with Gasteiger partial charge in [0.1, 0.15) is 0 Å². The Bertz CT molecular complexity index is 577. The fraction of sp³-hybridized carbons (Fsp3) is 0.667. The highest BCUT2D eigenvalue weighted by molar-refractivity contribution is 5.94. The molecule has 2 aliphatic heterocycles. The predicted octanol–water partition coefficient (Wildman–Crippen LogP) is 1.42. The third kappa shape index (κ3) is 4.68. The predicted molar refractivity (Wildman–Crippen MR) is 95.7 cm³/mol. The summed E-state index contributed by atoms with van der Waals surface area (Å²) < 4.78 is 11.4. The highest BCUT2D eigenvalue weighted by atomic mass is 16.7. The van der Waals surface area contributed by atoms with Gasteiger partial charge in [-0.25, -0.2) is 0 Å². The van der Waals surface area contributed by atoms with Gasteiger partial charge in [0.2, 0.25) is 0 Å². The van der Waals surface area contributed by atoms with Gasteiger partial charge in [0.05, 0.1) is 24.5 Å². The van der Waals surface area contributed by atoms with Gasteiger partial charge in [-0.05, 0) is 33.1 Å². The molecule has 0 radical (unpaired) electrons. The van der Waals surface area contributed by atoms with Gasteiger partial charge in [-0.3, -0.25) is 9.78 Å². The third-order valence-corrected chi connectivity index (χ3v) is 4.72. The Balaban J connectivity index is 1.53. The van der Waals surface area contributed by atoms with E-state index in [0.29, 0.717) is 31.9 Å². The molecule has 0 unspecified atom stereocenters. The van der Waals surface area contributed by atoms with E-state index in [1.54, 1.807) is 12.4 Å². The minimum atomic E-state index is -0.454. The quantitative estimate of drug-likeness (QED) is 0.785. The number of carbonyl (C=O) groups is 1. The van der Waals surface area contributed by atoms with Crippen molar-refractivity contribution < 1.29 is 14.3 Å². The maximum Gasteiger partial charge on any atom is 0.255 e. The zero-order valence-electron chi connectivity index (χ0n) is 15.2. The molecular formula is C18H28N4O3. The number of nitrogens with zero attached hydrogens (tertiary/aromatic N) is 3. The first-order valence-corrected chi connectivity index (χ1v) is 8.99. The maximum atomic E-state index is 12.7. The van der Waals surface area contributed by atoms with Crippen LogP contribution >= 0.6 is 0 Å². The fourth-order valence-corrected chi connectivity index (χ4v) is 3.30. The number of pyridine rings is 1. The van der Waals surface area contributed by atoms with Crippen molar-refractivity contribution in [2.45, 2.75) is 25.0 Å². The largest absolute Gasteiger partial charge is 0.384 e. The molecule has 25 heavy (non-hydrogen) atoms. The van der Waals surface area contributed by atoms with Crippen molar-refractivity contribution in [3.05, 3.63) is 24.0 Å². The number of hydrogen-bond acceptors (Lipinski definition) is 6. The lowest BCUT2D eigenvalue weighted by molar-refractivity contribution is -0.181. The number of aromatic nitrogens is 1. The lowest BCUT2D eigenvalue weighted by Crippen LogP contribution is -2.47. The average Bonchev–Trinajstić information content (AvgIpc) is 3.07. The maximum absolute atomic E-state index is 12.7. The minimum Gasteiger partial charge on any atom is -0.384 e. The molecule has 1 aromatic rings. The van der Waals surface area contributed by atoms with Crippen molar-refractivity contribution >= 4 is 11.6 Å². The molecule has 1 aromatic heterocycles. The second-order valence-corrected chi connectivity index (χ2v) is 6.95. The highest BCUT2D eigenvalue weighted by Gasteiger charge is 2.40. The summed E-state index contributed by atoms with van der Waals surface area (Å²) in [5.41, 5.74) is 1.52. The summed E-state index contributed by atoms with van der Waals surface area (Å²) in [5, 5.41) is 3.34. The molecule has 1 spiro atoms. The second kappa shape index (κ2) is 8.12. The Hall–Kier alpha value is -1.70. The van der Waals surface area contributed by atoms with Gasteiger partial charge >= 0.3 is 0 Å². The number of ether oxygens (including phenoxy) is 2. The van der Waals surface area contributed by atoms with Crippen molar-refractivity contribution in [1.29, 1.82) is 0 Å². The van der Waals surface area contributed by atoms with Crippen molar-refractivity contribution in [3.63, 3.8) is 0 Å². The van der Waals surface area contributed by atoms with Crippen molar-refractivity contribution in [2.75, 3.05) is 58.8 Å². The third-order valence-electron chi connectivity index (χ3n) is 4.72. The number of carbonyl (C=O) groups excluding carboxylic acids is 1. The smallest absolute Gasteiger partial charge is 0.255 e. The SMILES string of the molecule is CN(C)CCCNc1cncc(C(=O)N2CCC3(CC2)OCCO3)c1. The number of anilines is 1. The normalized spacial score (nSPS) is 19.6. The summed E-state index contributed by atoms with van der Waals surface area (Å²) in [6, 6.07) is 1.89. The van der Waals surface area contributed by atoms with E-state index in [0.717, 1.165) is 38.0 Å². The van der Waals surface area contributed by atoms with Crippen LogP contribution in [0.25, 0.3) is 0 Å². The molecule has 2 saturated heterocycles. The molecule has 7 heteroatoms. The van der Waals surface area contributed by atoms with Gasteiger partial charge in [-0.15, -0.1) is 0 Å². The van der Waals surface area contributed by atoms with Gasteiger partial charge in [0.15, 0.2) is 5.79 Å². The Morgan fingerprint density at radius 3 is 2.68 bits per heavy atom. The molecule has 2 aliphatic rings. The van der Waals surface area contributed by atoms with E-state index in [1.165, 1.54) is 0 Å². The molecule has 2 fully saturated rings. The molecule has 0 aliphatic carbocycles. The molecule has 3 heterocycles. The van der Waals surface area contributed by atoms with Crippen LogP contribution in [-0.4, -0.2) is 80.0 Å². The molecule has 0 saturated carbocycles. The van der Waals surface area contributed by atoms with E-state index in [2.05, 4.69) is 29.3 Å². The standard InChI is InChI=1S/C18H28N4O3/c1-21(2)7-3-6-20-16-12-15(13-19-14-16)17(23)22-8-4-18(5-9-22)24-10-11-25-18/h12-14,20H,3-11H2,1-2H3. The molecule has 1 N–H and O–H groups in total. The topological polar surface area (TPSA) is 66.9 Å². The van der Waals surface area contributed by atoms with Gasteiger partial charge in [-0.1, -0.05) is 0 Å². The van der Waals surface area contributed by atoms with Gasteiger partial charge in [0.25, 0.3) is 5.91 Å². The fourth-order valence-electron chi connectivity index (χ4n) is 3.30. The zero-order valence-corrected chi connectivity index (χ0v) is 15.2. The summed E-state index contributed by atoms with van der Waals surface area (Å²) in [6.45, 7) is 4.49. The Kier molecular flexibility index (Phi) is 5.88. The summed E-state index contributed by atoms with van der Waals surface area (Å²) in [7, 11) is 4.12. The molecule has 7 nitrogen and oxygen atoms in total. The first kappa shape index (κ1) is 18.1. The van der Waals surface area contributed by atoms with Crippen LogP contribution in [0, 0.1) is 0 Å². The zero-order chi connectivity index (χ0) is 17.7. The van der Waals surface area contributed by atoms with Gasteiger partial charge in [-0.2, -0.15) is 0 Å². The Labute approximate surface area is 149 Å². The van der Waals surface area contributed by atoms with E-state index < -0.39 is 5.79 Å². The first-order chi connectivity index (χ1) is 12.1. The van der Waals surface area contributed by atoms with Crippen molar-refractivity contribution in [1.82, 2.24) is 14.8 Å². The molecule has 1 amide bonds. The van der Waals surface area contributed by atoms with Crippen LogP contribution in [0.4, 0.5) is 5.69 Å². The molecule has 138 valence electrons. The summed E-state index contributed by atoms with van der Waals surface area (Å²) in [5.74, 6) is -0.428. The lowest BCUT2D eigenvalue weighted by Gasteiger charge is -2.37. The number of amides is 1. The molecule has 3 rings (SSSR count). The number of likely N-dealkylation sites (tertiary alicyclic amines) is 1. The van der Waals surface area contributed by atoms with E-state index in [-0.39, 0.29) is 5.91 Å². The summed E-state index contributed by atoms with van der Waals surface area (Å²) in [6.07, 6.45) is 5.90. The van der Waals surface area contributed by atoms with E-state index >= 15 is 0 Å². The van der Waals surface area contributed by atoms with Gasteiger partial charge < -0.3 is 24.6 Å². The molecule has 0 bridgehead atoms. The first-order valence-electron chi connectivity index (χ1n) is 8.99. The summed E-state index contributed by atoms with van der Waals surface area (Å²) in [4.78, 5) is 21.0. The van der Waals surface area contributed by atoms with Crippen LogP contribution in [0.3, 0.4) is 0 Å². The Morgan fingerprint density at radius 2 is 2.00 bits per heavy atom. The highest BCUT2D eigenvalue weighted by Crippen LogP contribution is 2.31. The van der Waals surface area contributed by atoms with Gasteiger partial charge in [0, 0.05) is 44.9 Å². The molecular weight excluding hydrogens is 320 g/mol. The van der Waals surface area contributed by atoms with Crippen LogP contribution < -0.4 is 5.32 Å². The number of piperidine rings is 1. The average molecular weight is 348 g/mol. The lowest BCUT2D eigenvalue weighted by atomic mass is 10.0. The van der Waals surface area contributed by atoms with E-state index in [9.17, 15) is 4.79 Å². The van der Waals surface area contributed by atoms with Crippen LogP contribution in [0.15, 0.2) is 18.5 Å². The number of hydrogen-bond donors (Lipinski definition) is 1. The number of nitrogens with one attached hydrogen (secondary N) is 1. The molecule has 0 aromatic carbocycles. The van der Waals surface area contributed by atoms with Crippen molar-refractivity contribution in [2.24, 2.45) is 0 Å². The number of rotatable bonds is 6. The summed E-state index contributed by atoms with van der Waals surface area (Å²) >= 11 is 0. The van der Waals surface area contributed by atoms with Crippen molar-refractivity contribution in [3.8, 4) is 0 Å². The van der Waals surface area contributed by atoms with E-state index in [1.807, 2.05) is 11.0 Å². The second-order valence-electron chi connectivity index (χ2n) is 6.95. The molecule has 0 atom stereocenters.